The number of hydrogen-bond donors (Lipinski definition) is 1. The molecule has 184 valence electrons. The van der Waals surface area contributed by atoms with Crippen molar-refractivity contribution in [2.75, 3.05) is 13.7 Å². The second-order valence-corrected chi connectivity index (χ2v) is 8.86. The Labute approximate surface area is 201 Å². The van der Waals surface area contributed by atoms with Gasteiger partial charge in [0, 0.05) is 18.2 Å². The van der Waals surface area contributed by atoms with Crippen LogP contribution in [0.1, 0.15) is 35.7 Å². The highest BCUT2D eigenvalue weighted by atomic mass is 16.7. The Bertz CT molecular complexity index is 1140. The maximum absolute atomic E-state index is 12.7. The average molecular weight is 484 g/mol. The van der Waals surface area contributed by atoms with Crippen molar-refractivity contribution in [2.24, 2.45) is 10.7 Å². The van der Waals surface area contributed by atoms with Crippen molar-refractivity contribution in [1.29, 1.82) is 0 Å². The van der Waals surface area contributed by atoms with Crippen molar-refractivity contribution in [3.05, 3.63) is 59.8 Å². The largest absolute Gasteiger partial charge is 0.459 e. The first-order valence-corrected chi connectivity index (χ1v) is 11.0. The van der Waals surface area contributed by atoms with Gasteiger partial charge in [0.25, 0.3) is 0 Å². The molecule has 35 heavy (non-hydrogen) atoms. The summed E-state index contributed by atoms with van der Waals surface area (Å²) in [5.74, 6) is -1.90. The molecule has 11 nitrogen and oxygen atoms in total. The molecular formula is C24H26N3O8+. The molecule has 1 saturated heterocycles. The van der Waals surface area contributed by atoms with Gasteiger partial charge in [-0.05, 0) is 23.6 Å². The predicted molar refractivity (Wildman–Crippen MR) is 121 cm³/mol. The molecule has 0 radical (unpaired) electrons. The number of likely N-dealkylation sites (N-methyl/N-ethyl adjacent to an activating group) is 1. The third kappa shape index (κ3) is 4.86. The number of amidine groups is 1. The summed E-state index contributed by atoms with van der Waals surface area (Å²) in [5.41, 5.74) is 7.03. The standard InChI is InChI=1S/C24H25N3O8/c1-13(2)14-4-6-15(7-5-14)23(30)32-12-16-20-21(35-19(29)9-8-18(28)34-20)22(33-16)27(3)11-10-17(25)26-24(27)31/h4-11,13,16,20-22H,12H2,1-3H3,(H-,25,26,31)/p+1/b9-8-/t16-,20?,21+,22-,27?/m1/s1. The van der Waals surface area contributed by atoms with Gasteiger partial charge in [-0.15, -0.1) is 4.99 Å². The number of amides is 2. The van der Waals surface area contributed by atoms with Crippen LogP contribution in [0.15, 0.2) is 53.7 Å². The maximum Gasteiger partial charge on any atom is 0.451 e. The number of aliphatic imine (C=N–C) groups is 1. The first-order valence-electron chi connectivity index (χ1n) is 11.0. The second kappa shape index (κ2) is 9.43. The van der Waals surface area contributed by atoms with Gasteiger partial charge in [-0.2, -0.15) is 4.48 Å². The number of quaternary nitrogens is 1. The van der Waals surface area contributed by atoms with Crippen molar-refractivity contribution >= 4 is 29.8 Å². The van der Waals surface area contributed by atoms with Gasteiger partial charge >= 0.3 is 23.9 Å². The normalized spacial score (nSPS) is 31.1. The van der Waals surface area contributed by atoms with E-state index in [9.17, 15) is 19.2 Å². The van der Waals surface area contributed by atoms with Crippen LogP contribution in [0.3, 0.4) is 0 Å². The Morgan fingerprint density at radius 1 is 1.06 bits per heavy atom. The molecule has 3 aliphatic rings. The van der Waals surface area contributed by atoms with Crippen LogP contribution >= 0.6 is 0 Å². The summed E-state index contributed by atoms with van der Waals surface area (Å²) < 4.78 is 21.8. The number of ether oxygens (including phenoxy) is 4. The minimum absolute atomic E-state index is 0.0122. The zero-order valence-corrected chi connectivity index (χ0v) is 19.5. The van der Waals surface area contributed by atoms with E-state index in [0.717, 1.165) is 17.7 Å². The van der Waals surface area contributed by atoms with E-state index < -0.39 is 53.0 Å². The third-order valence-corrected chi connectivity index (χ3v) is 6.06. The van der Waals surface area contributed by atoms with Gasteiger partial charge in [-0.25, -0.2) is 19.2 Å². The van der Waals surface area contributed by atoms with E-state index in [1.165, 1.54) is 19.3 Å². The Kier molecular flexibility index (Phi) is 6.55. The highest BCUT2D eigenvalue weighted by Gasteiger charge is 2.60. The summed E-state index contributed by atoms with van der Waals surface area (Å²) in [6.07, 6.45) is 0.234. The molecule has 0 bridgehead atoms. The molecule has 0 spiro atoms. The zero-order chi connectivity index (χ0) is 25.3. The number of nitrogens with two attached hydrogens (primary N) is 1. The number of rotatable bonds is 5. The molecule has 0 aliphatic carbocycles. The van der Waals surface area contributed by atoms with Crippen LogP contribution in [0.2, 0.25) is 0 Å². The van der Waals surface area contributed by atoms with E-state index in [-0.39, 0.29) is 12.4 Å². The first-order chi connectivity index (χ1) is 16.6. The summed E-state index contributed by atoms with van der Waals surface area (Å²) in [6.45, 7) is 3.77. The minimum atomic E-state index is -1.18. The molecule has 2 amide bonds. The molecule has 1 aromatic rings. The van der Waals surface area contributed by atoms with Gasteiger partial charge in [0.05, 0.1) is 12.6 Å². The Morgan fingerprint density at radius 2 is 1.69 bits per heavy atom. The highest BCUT2D eigenvalue weighted by molar-refractivity contribution is 5.99. The lowest BCUT2D eigenvalue weighted by Crippen LogP contribution is -2.58. The smallest absolute Gasteiger partial charge is 0.451 e. The second-order valence-electron chi connectivity index (χ2n) is 8.86. The molecule has 5 atom stereocenters. The summed E-state index contributed by atoms with van der Waals surface area (Å²) >= 11 is 0. The predicted octanol–water partition coefficient (Wildman–Crippen LogP) is 1.54. The number of nitrogens with zero attached hydrogens (tertiary/aromatic N) is 2. The Balaban J connectivity index is 1.57. The van der Waals surface area contributed by atoms with Crippen LogP contribution in [0.5, 0.6) is 0 Å². The average Bonchev–Trinajstić information content (AvgIpc) is 3.14. The minimum Gasteiger partial charge on any atom is -0.459 e. The van der Waals surface area contributed by atoms with E-state index in [0.29, 0.717) is 11.5 Å². The van der Waals surface area contributed by atoms with E-state index in [1.807, 2.05) is 26.0 Å². The van der Waals surface area contributed by atoms with Gasteiger partial charge in [0.2, 0.25) is 12.3 Å². The molecule has 11 heteroatoms. The van der Waals surface area contributed by atoms with Gasteiger partial charge < -0.3 is 24.7 Å². The van der Waals surface area contributed by atoms with Crippen molar-refractivity contribution in [3.8, 4) is 0 Å². The number of carbonyl (C=O) groups excluding carboxylic acids is 4. The van der Waals surface area contributed by atoms with Gasteiger partial charge in [0.15, 0.2) is 6.10 Å². The Morgan fingerprint density at radius 3 is 2.29 bits per heavy atom. The number of fused-ring (bicyclic) bond motifs is 1. The van der Waals surface area contributed by atoms with Crippen LogP contribution in [0.4, 0.5) is 4.79 Å². The lowest BCUT2D eigenvalue weighted by atomic mass is 10.0. The summed E-state index contributed by atoms with van der Waals surface area (Å²) in [7, 11) is 1.49. The van der Waals surface area contributed by atoms with Crippen LogP contribution < -0.4 is 5.73 Å². The Hall–Kier alpha value is -3.83. The van der Waals surface area contributed by atoms with Crippen molar-refractivity contribution < 1.29 is 42.6 Å². The van der Waals surface area contributed by atoms with Crippen molar-refractivity contribution in [2.45, 2.75) is 44.3 Å². The van der Waals surface area contributed by atoms with Gasteiger partial charge in [-0.1, -0.05) is 26.0 Å². The molecule has 3 heterocycles. The molecule has 2 N–H and O–H groups in total. The van der Waals surface area contributed by atoms with E-state index >= 15 is 0 Å². The molecule has 4 rings (SSSR count). The van der Waals surface area contributed by atoms with E-state index in [2.05, 4.69) is 4.99 Å². The SMILES string of the molecule is CC(C)c1ccc(C(=O)OC[C@H]2O[C@@H]([N+]3(C)C=CC(N)=NC3=O)[C@H]3OC(=O)/C=C\C(=O)OC23)cc1. The molecule has 0 saturated carbocycles. The molecule has 3 aliphatic heterocycles. The lowest BCUT2D eigenvalue weighted by molar-refractivity contribution is -0.834. The molecule has 1 fully saturated rings. The topological polar surface area (TPSA) is 144 Å². The maximum atomic E-state index is 12.7. The summed E-state index contributed by atoms with van der Waals surface area (Å²) in [6, 6.07) is 6.33. The number of esters is 3. The van der Waals surface area contributed by atoms with Crippen LogP contribution in [-0.4, -0.2) is 72.5 Å². The van der Waals surface area contributed by atoms with E-state index in [1.54, 1.807) is 12.1 Å². The fourth-order valence-electron chi connectivity index (χ4n) is 4.01. The van der Waals surface area contributed by atoms with Crippen LogP contribution in [0, 0.1) is 0 Å². The van der Waals surface area contributed by atoms with Crippen molar-refractivity contribution in [3.63, 3.8) is 0 Å². The van der Waals surface area contributed by atoms with Gasteiger partial charge in [-0.3, -0.25) is 0 Å². The number of carbonyl (C=O) groups is 4. The zero-order valence-electron chi connectivity index (χ0n) is 19.5. The monoisotopic (exact) mass is 484 g/mol. The molecule has 0 aromatic heterocycles. The molecule has 2 unspecified atom stereocenters. The van der Waals surface area contributed by atoms with Crippen LogP contribution in [0.25, 0.3) is 0 Å². The summed E-state index contributed by atoms with van der Waals surface area (Å²) in [5, 5.41) is 0. The lowest BCUT2D eigenvalue weighted by Gasteiger charge is -2.34. The molecule has 1 aromatic carbocycles. The number of benzene rings is 1. The van der Waals surface area contributed by atoms with Crippen LogP contribution in [-0.2, 0) is 28.5 Å². The number of urea groups is 1. The quantitative estimate of drug-likeness (QED) is 0.374. The number of hydrogen-bond acceptors (Lipinski definition) is 9. The third-order valence-electron chi connectivity index (χ3n) is 6.06. The van der Waals surface area contributed by atoms with E-state index in [4.69, 9.17) is 24.7 Å². The fraction of sp³-hybridized carbons (Fsp3) is 0.375. The fourth-order valence-corrected chi connectivity index (χ4v) is 4.01. The van der Waals surface area contributed by atoms with Gasteiger partial charge in [0.1, 0.15) is 24.7 Å². The highest BCUT2D eigenvalue weighted by Crippen LogP contribution is 2.35. The molecular weight excluding hydrogens is 458 g/mol. The first kappa shape index (κ1) is 24.3. The van der Waals surface area contributed by atoms with Crippen molar-refractivity contribution in [1.82, 2.24) is 0 Å². The summed E-state index contributed by atoms with van der Waals surface area (Å²) in [4.78, 5) is 53.5.